The molecule has 1 saturated carbocycles. The summed E-state index contributed by atoms with van der Waals surface area (Å²) in [5, 5.41) is 15.7. The fraction of sp³-hybridized carbons (Fsp3) is 0.474. The van der Waals surface area contributed by atoms with Gasteiger partial charge in [-0.05, 0) is 25.0 Å². The van der Waals surface area contributed by atoms with E-state index in [1.54, 1.807) is 12.5 Å². The summed E-state index contributed by atoms with van der Waals surface area (Å²) in [5.74, 6) is 2.24. The zero-order valence-electron chi connectivity index (χ0n) is 15.7. The third-order valence-corrected chi connectivity index (χ3v) is 5.29. The van der Waals surface area contributed by atoms with Crippen LogP contribution >= 0.6 is 0 Å². The van der Waals surface area contributed by atoms with E-state index < -0.39 is 6.09 Å². The quantitative estimate of drug-likeness (QED) is 0.724. The lowest BCUT2D eigenvalue weighted by Crippen LogP contribution is -2.48. The largest absolute Gasteiger partial charge is 0.465 e. The lowest BCUT2D eigenvalue weighted by molar-refractivity contribution is 0.142. The molecule has 3 N–H and O–H groups in total. The van der Waals surface area contributed by atoms with Crippen LogP contribution in [0.1, 0.15) is 25.7 Å². The standard InChI is InChI=1S/C19H25N7O2/c27-19(28)26-9-7-25(8-10-26)15-5-6-16(20-12-15)24-18-11-17(21-13-22-18)23-14-3-1-2-4-14/h5-6,11-14H,1-4,7-10H2,(H,27,28)(H2,20,21,22,23,24). The minimum Gasteiger partial charge on any atom is -0.465 e. The maximum Gasteiger partial charge on any atom is 0.407 e. The van der Waals surface area contributed by atoms with Crippen LogP contribution in [-0.2, 0) is 0 Å². The van der Waals surface area contributed by atoms with Gasteiger partial charge in [-0.15, -0.1) is 0 Å². The van der Waals surface area contributed by atoms with Gasteiger partial charge in [0.1, 0.15) is 23.8 Å². The lowest BCUT2D eigenvalue weighted by Gasteiger charge is -2.34. The van der Waals surface area contributed by atoms with Crippen molar-refractivity contribution in [1.82, 2.24) is 19.9 Å². The van der Waals surface area contributed by atoms with E-state index in [9.17, 15) is 4.79 Å². The molecule has 0 bridgehead atoms. The number of nitrogens with one attached hydrogen (secondary N) is 2. The molecule has 0 radical (unpaired) electrons. The molecule has 1 saturated heterocycles. The minimum atomic E-state index is -0.857. The predicted octanol–water partition coefficient (Wildman–Crippen LogP) is 2.77. The van der Waals surface area contributed by atoms with Crippen molar-refractivity contribution in [2.45, 2.75) is 31.7 Å². The van der Waals surface area contributed by atoms with Gasteiger partial charge in [-0.1, -0.05) is 12.8 Å². The van der Waals surface area contributed by atoms with Gasteiger partial charge in [0, 0.05) is 38.3 Å². The van der Waals surface area contributed by atoms with E-state index in [1.807, 2.05) is 18.2 Å². The van der Waals surface area contributed by atoms with Crippen LogP contribution in [0, 0.1) is 0 Å². The first-order valence-electron chi connectivity index (χ1n) is 9.72. The Kier molecular flexibility index (Phi) is 5.41. The molecule has 2 fully saturated rings. The van der Waals surface area contributed by atoms with Gasteiger partial charge in [0.25, 0.3) is 0 Å². The molecule has 0 unspecified atom stereocenters. The number of aromatic nitrogens is 3. The molecule has 4 rings (SSSR count). The van der Waals surface area contributed by atoms with Crippen LogP contribution in [-0.4, -0.2) is 63.3 Å². The van der Waals surface area contributed by atoms with Crippen LogP contribution in [0.2, 0.25) is 0 Å². The molecular formula is C19H25N7O2. The first-order valence-corrected chi connectivity index (χ1v) is 9.72. The molecule has 2 aromatic rings. The van der Waals surface area contributed by atoms with Gasteiger partial charge in [-0.2, -0.15) is 0 Å². The predicted molar refractivity (Wildman–Crippen MR) is 107 cm³/mol. The van der Waals surface area contributed by atoms with Crippen molar-refractivity contribution in [3.05, 3.63) is 30.7 Å². The third-order valence-electron chi connectivity index (χ3n) is 5.29. The molecule has 0 spiro atoms. The van der Waals surface area contributed by atoms with E-state index >= 15 is 0 Å². The number of amides is 1. The fourth-order valence-electron chi connectivity index (χ4n) is 3.72. The van der Waals surface area contributed by atoms with Gasteiger partial charge in [0.2, 0.25) is 0 Å². The first-order chi connectivity index (χ1) is 13.7. The van der Waals surface area contributed by atoms with Gasteiger partial charge in [0.05, 0.1) is 11.9 Å². The van der Waals surface area contributed by atoms with Gasteiger partial charge in [0.15, 0.2) is 0 Å². The Hall–Kier alpha value is -3.10. The molecule has 2 aliphatic rings. The summed E-state index contributed by atoms with van der Waals surface area (Å²) >= 11 is 0. The highest BCUT2D eigenvalue weighted by Crippen LogP contribution is 2.23. The fourth-order valence-corrected chi connectivity index (χ4v) is 3.72. The molecule has 1 aliphatic heterocycles. The monoisotopic (exact) mass is 383 g/mol. The number of anilines is 4. The van der Waals surface area contributed by atoms with Crippen LogP contribution in [0.4, 0.5) is 27.9 Å². The average molecular weight is 383 g/mol. The van der Waals surface area contributed by atoms with Crippen molar-refractivity contribution in [3.8, 4) is 0 Å². The van der Waals surface area contributed by atoms with Gasteiger partial charge in [-0.25, -0.2) is 19.7 Å². The number of hydrogen-bond donors (Lipinski definition) is 3. The second-order valence-corrected chi connectivity index (χ2v) is 7.20. The Morgan fingerprint density at radius 2 is 1.75 bits per heavy atom. The van der Waals surface area contributed by atoms with Crippen molar-refractivity contribution >= 4 is 29.2 Å². The minimum absolute atomic E-state index is 0.502. The normalized spacial score (nSPS) is 17.6. The number of hydrogen-bond acceptors (Lipinski definition) is 7. The average Bonchev–Trinajstić information content (AvgIpc) is 3.22. The SMILES string of the molecule is O=C(O)N1CCN(c2ccc(Nc3cc(NC4CCCC4)ncn3)nc2)CC1. The molecule has 2 aromatic heterocycles. The maximum atomic E-state index is 11.0. The second kappa shape index (κ2) is 8.28. The topological polar surface area (TPSA) is 107 Å². The third kappa shape index (κ3) is 4.41. The van der Waals surface area contributed by atoms with Crippen LogP contribution in [0.15, 0.2) is 30.7 Å². The van der Waals surface area contributed by atoms with Gasteiger partial charge < -0.3 is 25.5 Å². The van der Waals surface area contributed by atoms with Crippen molar-refractivity contribution < 1.29 is 9.90 Å². The van der Waals surface area contributed by atoms with E-state index in [1.165, 1.54) is 30.6 Å². The number of carboxylic acid groups (broad SMARTS) is 1. The number of piperazine rings is 1. The Labute approximate surface area is 163 Å². The van der Waals surface area contributed by atoms with Crippen LogP contribution in [0.5, 0.6) is 0 Å². The molecule has 0 atom stereocenters. The van der Waals surface area contributed by atoms with E-state index in [-0.39, 0.29) is 0 Å². The van der Waals surface area contributed by atoms with Crippen LogP contribution in [0.25, 0.3) is 0 Å². The molecule has 9 heteroatoms. The van der Waals surface area contributed by atoms with Gasteiger partial charge >= 0.3 is 6.09 Å². The molecule has 28 heavy (non-hydrogen) atoms. The van der Waals surface area contributed by atoms with Crippen molar-refractivity contribution in [3.63, 3.8) is 0 Å². The van der Waals surface area contributed by atoms with E-state index in [4.69, 9.17) is 5.11 Å². The van der Waals surface area contributed by atoms with E-state index in [0.29, 0.717) is 43.9 Å². The van der Waals surface area contributed by atoms with Gasteiger partial charge in [-0.3, -0.25) is 0 Å². The molecule has 1 aliphatic carbocycles. The summed E-state index contributed by atoms with van der Waals surface area (Å²) < 4.78 is 0. The highest BCUT2D eigenvalue weighted by atomic mass is 16.4. The van der Waals surface area contributed by atoms with Crippen molar-refractivity contribution in [2.75, 3.05) is 41.7 Å². The van der Waals surface area contributed by atoms with E-state index in [0.717, 1.165) is 11.5 Å². The van der Waals surface area contributed by atoms with Crippen molar-refractivity contribution in [1.29, 1.82) is 0 Å². The Bertz CT molecular complexity index is 800. The Morgan fingerprint density at radius 1 is 1.00 bits per heavy atom. The Morgan fingerprint density at radius 3 is 2.43 bits per heavy atom. The summed E-state index contributed by atoms with van der Waals surface area (Å²) in [4.78, 5) is 27.6. The lowest BCUT2D eigenvalue weighted by atomic mass is 10.2. The summed E-state index contributed by atoms with van der Waals surface area (Å²) in [6, 6.07) is 6.30. The number of pyridine rings is 1. The van der Waals surface area contributed by atoms with E-state index in [2.05, 4.69) is 30.5 Å². The molecule has 1 amide bonds. The first kappa shape index (κ1) is 18.3. The molecule has 3 heterocycles. The summed E-state index contributed by atoms with van der Waals surface area (Å²) in [6.45, 7) is 2.35. The zero-order chi connectivity index (χ0) is 19.3. The molecular weight excluding hydrogens is 358 g/mol. The molecule has 148 valence electrons. The number of nitrogens with zero attached hydrogens (tertiary/aromatic N) is 5. The molecule has 9 nitrogen and oxygen atoms in total. The highest BCUT2D eigenvalue weighted by molar-refractivity contribution is 5.65. The summed E-state index contributed by atoms with van der Waals surface area (Å²) in [7, 11) is 0. The van der Waals surface area contributed by atoms with Crippen LogP contribution < -0.4 is 15.5 Å². The molecule has 0 aromatic carbocycles. The number of rotatable bonds is 5. The Balaban J connectivity index is 1.35. The highest BCUT2D eigenvalue weighted by Gasteiger charge is 2.20. The summed E-state index contributed by atoms with van der Waals surface area (Å²) in [5.41, 5.74) is 0.988. The second-order valence-electron chi connectivity index (χ2n) is 7.20. The zero-order valence-corrected chi connectivity index (χ0v) is 15.7. The summed E-state index contributed by atoms with van der Waals surface area (Å²) in [6.07, 6.45) is 7.43. The van der Waals surface area contributed by atoms with Crippen LogP contribution in [0.3, 0.4) is 0 Å². The smallest absolute Gasteiger partial charge is 0.407 e. The van der Waals surface area contributed by atoms with Crippen molar-refractivity contribution in [2.24, 2.45) is 0 Å². The number of carbonyl (C=O) groups is 1. The maximum absolute atomic E-state index is 11.0.